The van der Waals surface area contributed by atoms with Crippen LogP contribution < -0.4 is 11.3 Å². The van der Waals surface area contributed by atoms with Crippen molar-refractivity contribution in [2.45, 2.75) is 13.8 Å². The average molecular weight is 289 g/mol. The fourth-order valence-corrected chi connectivity index (χ4v) is 3.41. The number of aromatic amines is 1. The normalized spacial score (nSPS) is 11.2. The molecule has 0 aliphatic rings. The first-order chi connectivity index (χ1) is 9.47. The molecule has 2 heterocycles. The van der Waals surface area contributed by atoms with E-state index in [1.165, 1.54) is 17.4 Å². The highest BCUT2D eigenvalue weighted by Gasteiger charge is 2.15. The predicted molar refractivity (Wildman–Crippen MR) is 79.5 cm³/mol. The molecule has 20 heavy (non-hydrogen) atoms. The Labute approximate surface area is 118 Å². The van der Waals surface area contributed by atoms with Crippen molar-refractivity contribution in [3.63, 3.8) is 0 Å². The second-order valence-corrected chi connectivity index (χ2v) is 5.65. The van der Waals surface area contributed by atoms with E-state index in [4.69, 9.17) is 5.73 Å². The van der Waals surface area contributed by atoms with E-state index in [2.05, 4.69) is 9.97 Å². The maximum Gasteiger partial charge on any atom is 0.261 e. The maximum atomic E-state index is 13.4. The zero-order valence-corrected chi connectivity index (χ0v) is 11.8. The third-order valence-corrected chi connectivity index (χ3v) is 4.47. The first kappa shape index (κ1) is 12.8. The number of H-pyrrole nitrogens is 1. The van der Waals surface area contributed by atoms with Gasteiger partial charge in [0.25, 0.3) is 5.56 Å². The van der Waals surface area contributed by atoms with Gasteiger partial charge in [0, 0.05) is 4.88 Å². The molecule has 102 valence electrons. The fraction of sp³-hybridized carbons (Fsp3) is 0.143. The second-order valence-electron chi connectivity index (χ2n) is 4.65. The second kappa shape index (κ2) is 4.42. The number of aromatic nitrogens is 2. The number of halogens is 1. The van der Waals surface area contributed by atoms with E-state index >= 15 is 0 Å². The smallest absolute Gasteiger partial charge is 0.261 e. The fourth-order valence-electron chi connectivity index (χ4n) is 2.22. The van der Waals surface area contributed by atoms with E-state index in [1.807, 2.05) is 6.92 Å². The molecule has 0 atom stereocenters. The van der Waals surface area contributed by atoms with Crippen LogP contribution in [-0.2, 0) is 0 Å². The average Bonchev–Trinajstić information content (AvgIpc) is 2.70. The number of rotatable bonds is 1. The molecule has 2 aromatic heterocycles. The van der Waals surface area contributed by atoms with Crippen LogP contribution in [0.2, 0.25) is 0 Å². The van der Waals surface area contributed by atoms with E-state index in [0.29, 0.717) is 15.8 Å². The SMILES string of the molecule is Cc1cc(-c2sc3nc(N)[nH]c(=O)c3c2C)ccc1F. The Morgan fingerprint density at radius 1 is 1.35 bits per heavy atom. The summed E-state index contributed by atoms with van der Waals surface area (Å²) in [6.45, 7) is 3.57. The van der Waals surface area contributed by atoms with Gasteiger partial charge in [-0.15, -0.1) is 11.3 Å². The number of nitrogen functional groups attached to an aromatic ring is 1. The number of aryl methyl sites for hydroxylation is 2. The highest BCUT2D eigenvalue weighted by molar-refractivity contribution is 7.22. The molecule has 0 radical (unpaired) electrons. The molecule has 3 rings (SSSR count). The lowest BCUT2D eigenvalue weighted by molar-refractivity contribution is 0.619. The highest BCUT2D eigenvalue weighted by atomic mass is 32.1. The van der Waals surface area contributed by atoms with Crippen molar-refractivity contribution in [1.82, 2.24) is 9.97 Å². The van der Waals surface area contributed by atoms with Gasteiger partial charge >= 0.3 is 0 Å². The lowest BCUT2D eigenvalue weighted by Gasteiger charge is -2.02. The minimum atomic E-state index is -0.244. The molecular weight excluding hydrogens is 277 g/mol. The van der Waals surface area contributed by atoms with Crippen LogP contribution in [0.1, 0.15) is 11.1 Å². The van der Waals surface area contributed by atoms with Crippen molar-refractivity contribution in [2.24, 2.45) is 0 Å². The highest BCUT2D eigenvalue weighted by Crippen LogP contribution is 2.36. The Morgan fingerprint density at radius 3 is 2.80 bits per heavy atom. The molecule has 0 saturated carbocycles. The van der Waals surface area contributed by atoms with Gasteiger partial charge in [-0.05, 0) is 42.7 Å². The van der Waals surface area contributed by atoms with Crippen molar-refractivity contribution >= 4 is 27.5 Å². The van der Waals surface area contributed by atoms with Gasteiger partial charge in [0.05, 0.1) is 5.39 Å². The van der Waals surface area contributed by atoms with Crippen molar-refractivity contribution in [3.05, 3.63) is 45.5 Å². The monoisotopic (exact) mass is 289 g/mol. The summed E-state index contributed by atoms with van der Waals surface area (Å²) < 4.78 is 13.4. The summed E-state index contributed by atoms with van der Waals surface area (Å²) in [6.07, 6.45) is 0. The van der Waals surface area contributed by atoms with Gasteiger partial charge in [0.2, 0.25) is 5.95 Å². The molecule has 0 saturated heterocycles. The summed E-state index contributed by atoms with van der Waals surface area (Å²) in [5.41, 5.74) is 7.60. The number of nitrogens with one attached hydrogen (secondary N) is 1. The third-order valence-electron chi connectivity index (χ3n) is 3.24. The van der Waals surface area contributed by atoms with Crippen LogP contribution in [0.15, 0.2) is 23.0 Å². The lowest BCUT2D eigenvalue weighted by atomic mass is 10.1. The molecule has 0 aliphatic heterocycles. The molecule has 4 nitrogen and oxygen atoms in total. The molecule has 0 bridgehead atoms. The summed E-state index contributed by atoms with van der Waals surface area (Å²) >= 11 is 1.39. The van der Waals surface area contributed by atoms with Crippen LogP contribution in [0.3, 0.4) is 0 Å². The summed E-state index contributed by atoms with van der Waals surface area (Å²) in [5, 5.41) is 0.543. The van der Waals surface area contributed by atoms with Crippen LogP contribution >= 0.6 is 11.3 Å². The maximum absolute atomic E-state index is 13.4. The van der Waals surface area contributed by atoms with Crippen LogP contribution in [0.5, 0.6) is 0 Å². The van der Waals surface area contributed by atoms with E-state index < -0.39 is 0 Å². The van der Waals surface area contributed by atoms with Gasteiger partial charge in [-0.25, -0.2) is 9.37 Å². The van der Waals surface area contributed by atoms with Gasteiger partial charge in [0.15, 0.2) is 0 Å². The minimum absolute atomic E-state index is 0.102. The van der Waals surface area contributed by atoms with Gasteiger partial charge in [0.1, 0.15) is 10.6 Å². The predicted octanol–water partition coefficient (Wildman–Crippen LogP) is 2.99. The number of nitrogens with two attached hydrogens (primary N) is 1. The lowest BCUT2D eigenvalue weighted by Crippen LogP contribution is -2.10. The molecule has 0 amide bonds. The van der Waals surface area contributed by atoms with E-state index in [0.717, 1.165) is 16.0 Å². The van der Waals surface area contributed by atoms with Crippen LogP contribution in [-0.4, -0.2) is 9.97 Å². The van der Waals surface area contributed by atoms with Crippen LogP contribution in [0, 0.1) is 19.7 Å². The van der Waals surface area contributed by atoms with Gasteiger partial charge in [-0.3, -0.25) is 9.78 Å². The van der Waals surface area contributed by atoms with Gasteiger partial charge in [-0.1, -0.05) is 6.07 Å². The standard InChI is InChI=1S/C14H12FN3OS/c1-6-5-8(3-4-9(6)15)11-7(2)10-12(19)17-14(16)18-13(10)20-11/h3-5H,1-2H3,(H3,16,17,18,19). The topological polar surface area (TPSA) is 71.8 Å². The summed E-state index contributed by atoms with van der Waals surface area (Å²) in [6, 6.07) is 4.91. The number of anilines is 1. The zero-order valence-electron chi connectivity index (χ0n) is 11.0. The molecule has 6 heteroatoms. The first-order valence-corrected chi connectivity index (χ1v) is 6.84. The zero-order chi connectivity index (χ0) is 14.4. The summed E-state index contributed by atoms with van der Waals surface area (Å²) in [7, 11) is 0. The number of hydrogen-bond donors (Lipinski definition) is 2. The third kappa shape index (κ3) is 1.89. The quantitative estimate of drug-likeness (QED) is 0.723. The number of fused-ring (bicyclic) bond motifs is 1. The summed E-state index contributed by atoms with van der Waals surface area (Å²) in [5.74, 6) is -0.140. The molecule has 0 aliphatic carbocycles. The van der Waals surface area contributed by atoms with Gasteiger partial charge in [-0.2, -0.15) is 0 Å². The molecule has 3 aromatic rings. The first-order valence-electron chi connectivity index (χ1n) is 6.03. The molecule has 3 N–H and O–H groups in total. The van der Waals surface area contributed by atoms with Gasteiger partial charge < -0.3 is 5.73 Å². The van der Waals surface area contributed by atoms with E-state index in [1.54, 1.807) is 19.1 Å². The largest absolute Gasteiger partial charge is 0.369 e. The van der Waals surface area contributed by atoms with E-state index in [9.17, 15) is 9.18 Å². The van der Waals surface area contributed by atoms with E-state index in [-0.39, 0.29) is 17.3 Å². The Balaban J connectivity index is 2.32. The Bertz CT molecular complexity index is 882. The van der Waals surface area contributed by atoms with Crippen molar-refractivity contribution in [2.75, 3.05) is 5.73 Å². The minimum Gasteiger partial charge on any atom is -0.369 e. The molecule has 1 aromatic carbocycles. The molecular formula is C14H12FN3OS. The molecule has 0 unspecified atom stereocenters. The number of hydrogen-bond acceptors (Lipinski definition) is 4. The van der Waals surface area contributed by atoms with Crippen molar-refractivity contribution in [3.8, 4) is 10.4 Å². The number of benzene rings is 1. The molecule has 0 spiro atoms. The van der Waals surface area contributed by atoms with Crippen LogP contribution in [0.25, 0.3) is 20.7 Å². The Morgan fingerprint density at radius 2 is 2.10 bits per heavy atom. The van der Waals surface area contributed by atoms with Crippen molar-refractivity contribution < 1.29 is 4.39 Å². The Kier molecular flexibility index (Phi) is 2.83. The van der Waals surface area contributed by atoms with Crippen molar-refractivity contribution in [1.29, 1.82) is 0 Å². The number of thiophene rings is 1. The number of nitrogens with zero attached hydrogens (tertiary/aromatic N) is 1. The Hall–Kier alpha value is -2.21. The summed E-state index contributed by atoms with van der Waals surface area (Å²) in [4.78, 5) is 20.1. The van der Waals surface area contributed by atoms with Crippen LogP contribution in [0.4, 0.5) is 10.3 Å². The molecule has 0 fully saturated rings.